The Morgan fingerprint density at radius 3 is 2.87 bits per heavy atom. The van der Waals surface area contributed by atoms with Gasteiger partial charge in [-0.2, -0.15) is 11.3 Å². The van der Waals surface area contributed by atoms with Gasteiger partial charge in [-0.25, -0.2) is 0 Å². The SMILES string of the molecule is Cc1cscc1C(=O)NC1CCCC1Br. The highest BCUT2D eigenvalue weighted by Gasteiger charge is 2.26. The Bertz CT molecular complexity index is 363. The van der Waals surface area contributed by atoms with Gasteiger partial charge in [0, 0.05) is 16.2 Å². The highest BCUT2D eigenvalue weighted by atomic mass is 79.9. The predicted molar refractivity (Wildman–Crippen MR) is 66.9 cm³/mol. The monoisotopic (exact) mass is 287 g/mol. The van der Waals surface area contributed by atoms with Gasteiger partial charge in [-0.3, -0.25) is 4.79 Å². The number of amides is 1. The summed E-state index contributed by atoms with van der Waals surface area (Å²) in [5, 5.41) is 7.02. The van der Waals surface area contributed by atoms with Crippen LogP contribution in [0.15, 0.2) is 10.8 Å². The lowest BCUT2D eigenvalue weighted by Crippen LogP contribution is -2.37. The van der Waals surface area contributed by atoms with Crippen LogP contribution in [0.4, 0.5) is 0 Å². The molecule has 1 aromatic heterocycles. The number of aryl methyl sites for hydroxylation is 1. The average molecular weight is 288 g/mol. The third kappa shape index (κ3) is 2.42. The van der Waals surface area contributed by atoms with E-state index in [1.165, 1.54) is 6.42 Å². The van der Waals surface area contributed by atoms with Crippen molar-refractivity contribution >= 4 is 33.2 Å². The molecule has 2 nitrogen and oxygen atoms in total. The number of alkyl halides is 1. The van der Waals surface area contributed by atoms with Crippen molar-refractivity contribution in [2.45, 2.75) is 37.1 Å². The van der Waals surface area contributed by atoms with Crippen molar-refractivity contribution < 1.29 is 4.79 Å². The van der Waals surface area contributed by atoms with Crippen LogP contribution in [-0.2, 0) is 0 Å². The van der Waals surface area contributed by atoms with Gasteiger partial charge in [0.1, 0.15) is 0 Å². The van der Waals surface area contributed by atoms with Crippen LogP contribution < -0.4 is 5.32 Å². The molecule has 0 aliphatic heterocycles. The summed E-state index contributed by atoms with van der Waals surface area (Å²) < 4.78 is 0. The number of halogens is 1. The highest BCUT2D eigenvalue weighted by molar-refractivity contribution is 9.09. The number of nitrogens with one attached hydrogen (secondary N) is 1. The van der Waals surface area contributed by atoms with E-state index in [1.54, 1.807) is 11.3 Å². The van der Waals surface area contributed by atoms with Crippen molar-refractivity contribution in [3.8, 4) is 0 Å². The number of hydrogen-bond donors (Lipinski definition) is 1. The predicted octanol–water partition coefficient (Wildman–Crippen LogP) is 3.10. The van der Waals surface area contributed by atoms with E-state index in [9.17, 15) is 4.79 Å². The van der Waals surface area contributed by atoms with Crippen molar-refractivity contribution in [2.24, 2.45) is 0 Å². The first kappa shape index (κ1) is 11.1. The quantitative estimate of drug-likeness (QED) is 0.832. The molecule has 15 heavy (non-hydrogen) atoms. The highest BCUT2D eigenvalue weighted by Crippen LogP contribution is 2.26. The topological polar surface area (TPSA) is 29.1 Å². The van der Waals surface area contributed by atoms with Crippen molar-refractivity contribution in [1.29, 1.82) is 0 Å². The lowest BCUT2D eigenvalue weighted by molar-refractivity contribution is 0.0939. The zero-order valence-corrected chi connectivity index (χ0v) is 11.0. The second kappa shape index (κ2) is 4.66. The van der Waals surface area contributed by atoms with Gasteiger partial charge in [-0.05, 0) is 30.7 Å². The zero-order chi connectivity index (χ0) is 10.8. The van der Waals surface area contributed by atoms with Crippen LogP contribution in [0.1, 0.15) is 35.2 Å². The Morgan fingerprint density at radius 2 is 2.33 bits per heavy atom. The molecule has 1 saturated carbocycles. The molecule has 82 valence electrons. The van der Waals surface area contributed by atoms with Gasteiger partial charge in [-0.15, -0.1) is 0 Å². The summed E-state index contributed by atoms with van der Waals surface area (Å²) in [5.74, 6) is 0.0742. The fraction of sp³-hybridized carbons (Fsp3) is 0.545. The Balaban J connectivity index is 2.01. The second-order valence-corrected chi connectivity index (χ2v) is 5.92. The van der Waals surface area contributed by atoms with E-state index in [2.05, 4.69) is 21.2 Å². The van der Waals surface area contributed by atoms with E-state index < -0.39 is 0 Å². The van der Waals surface area contributed by atoms with Gasteiger partial charge >= 0.3 is 0 Å². The third-order valence-corrected chi connectivity index (χ3v) is 4.81. The third-order valence-electron chi connectivity index (χ3n) is 2.85. The molecule has 0 aromatic carbocycles. The van der Waals surface area contributed by atoms with Gasteiger partial charge in [0.15, 0.2) is 0 Å². The van der Waals surface area contributed by atoms with Crippen LogP contribution in [0.3, 0.4) is 0 Å². The van der Waals surface area contributed by atoms with E-state index >= 15 is 0 Å². The molecule has 2 unspecified atom stereocenters. The molecule has 4 heteroatoms. The molecule has 0 bridgehead atoms. The van der Waals surface area contributed by atoms with Crippen LogP contribution in [0.2, 0.25) is 0 Å². The fourth-order valence-electron chi connectivity index (χ4n) is 1.92. The molecule has 1 aliphatic rings. The minimum Gasteiger partial charge on any atom is -0.348 e. The number of carbonyl (C=O) groups is 1. The lowest BCUT2D eigenvalue weighted by Gasteiger charge is -2.15. The maximum absolute atomic E-state index is 11.9. The van der Waals surface area contributed by atoms with Crippen molar-refractivity contribution in [3.05, 3.63) is 21.9 Å². The molecule has 1 fully saturated rings. The summed E-state index contributed by atoms with van der Waals surface area (Å²) in [5.41, 5.74) is 1.90. The maximum Gasteiger partial charge on any atom is 0.252 e. The van der Waals surface area contributed by atoms with E-state index in [0.29, 0.717) is 10.9 Å². The summed E-state index contributed by atoms with van der Waals surface area (Å²) in [7, 11) is 0. The standard InChI is InChI=1S/C11H14BrNOS/c1-7-5-15-6-8(7)11(14)13-10-4-2-3-9(10)12/h5-6,9-10H,2-4H2,1H3,(H,13,14). The van der Waals surface area contributed by atoms with Gasteiger partial charge < -0.3 is 5.32 Å². The molecule has 1 aromatic rings. The van der Waals surface area contributed by atoms with Crippen LogP contribution in [0, 0.1) is 6.92 Å². The Kier molecular flexibility index (Phi) is 3.46. The number of hydrogen-bond acceptors (Lipinski definition) is 2. The van der Waals surface area contributed by atoms with Gasteiger partial charge in [0.25, 0.3) is 5.91 Å². The minimum absolute atomic E-state index is 0.0742. The van der Waals surface area contributed by atoms with Crippen molar-refractivity contribution in [3.63, 3.8) is 0 Å². The number of thiophene rings is 1. The normalized spacial score (nSPS) is 25.5. The summed E-state index contributed by atoms with van der Waals surface area (Å²) in [6.07, 6.45) is 3.45. The molecule has 0 radical (unpaired) electrons. The van der Waals surface area contributed by atoms with E-state index in [-0.39, 0.29) is 5.91 Å². The number of rotatable bonds is 2. The molecule has 0 spiro atoms. The molecule has 1 amide bonds. The fourth-order valence-corrected chi connectivity index (χ4v) is 3.47. The Labute approximate surface area is 102 Å². The molecular formula is C11H14BrNOS. The molecule has 2 rings (SSSR count). The van der Waals surface area contributed by atoms with Crippen molar-refractivity contribution in [2.75, 3.05) is 0 Å². The summed E-state index contributed by atoms with van der Waals surface area (Å²) in [4.78, 5) is 12.3. The molecule has 1 heterocycles. The molecule has 1 N–H and O–H groups in total. The maximum atomic E-state index is 11.9. The Hall–Kier alpha value is -0.350. The minimum atomic E-state index is 0.0742. The van der Waals surface area contributed by atoms with Crippen LogP contribution in [0.5, 0.6) is 0 Å². The summed E-state index contributed by atoms with van der Waals surface area (Å²) in [6.45, 7) is 1.98. The van der Waals surface area contributed by atoms with Crippen LogP contribution in [-0.4, -0.2) is 16.8 Å². The molecule has 1 aliphatic carbocycles. The van der Waals surface area contributed by atoms with Gasteiger partial charge in [0.05, 0.1) is 5.56 Å². The summed E-state index contributed by atoms with van der Waals surface area (Å²) in [6, 6.07) is 0.303. The average Bonchev–Trinajstić information content (AvgIpc) is 2.76. The van der Waals surface area contributed by atoms with Gasteiger partial charge in [-0.1, -0.05) is 22.4 Å². The largest absolute Gasteiger partial charge is 0.348 e. The number of carbonyl (C=O) groups excluding carboxylic acids is 1. The first-order chi connectivity index (χ1) is 7.18. The first-order valence-corrected chi connectivity index (χ1v) is 7.02. The van der Waals surface area contributed by atoms with Crippen LogP contribution in [0.25, 0.3) is 0 Å². The van der Waals surface area contributed by atoms with Crippen LogP contribution >= 0.6 is 27.3 Å². The summed E-state index contributed by atoms with van der Waals surface area (Å²) >= 11 is 5.18. The van der Waals surface area contributed by atoms with E-state index in [0.717, 1.165) is 24.0 Å². The lowest BCUT2D eigenvalue weighted by atomic mass is 10.2. The first-order valence-electron chi connectivity index (χ1n) is 5.16. The molecule has 0 saturated heterocycles. The van der Waals surface area contributed by atoms with Crippen molar-refractivity contribution in [1.82, 2.24) is 5.32 Å². The Morgan fingerprint density at radius 1 is 1.53 bits per heavy atom. The second-order valence-electron chi connectivity index (χ2n) is 4.00. The zero-order valence-electron chi connectivity index (χ0n) is 8.63. The smallest absolute Gasteiger partial charge is 0.252 e. The van der Waals surface area contributed by atoms with Gasteiger partial charge in [0.2, 0.25) is 0 Å². The molecule has 2 atom stereocenters. The van der Waals surface area contributed by atoms with E-state index in [1.807, 2.05) is 17.7 Å². The van der Waals surface area contributed by atoms with E-state index in [4.69, 9.17) is 0 Å². The molecular weight excluding hydrogens is 274 g/mol.